The predicted octanol–water partition coefficient (Wildman–Crippen LogP) is 4.42. The van der Waals surface area contributed by atoms with Crippen molar-refractivity contribution in [2.75, 3.05) is 54.9 Å². The average molecular weight is 549 g/mol. The molecule has 3 aliphatic rings. The lowest BCUT2D eigenvalue weighted by atomic mass is 10.0. The number of alkyl halides is 3. The summed E-state index contributed by atoms with van der Waals surface area (Å²) in [5.74, 6) is 0.677. The number of aryl methyl sites for hydroxylation is 1. The highest BCUT2D eigenvalue weighted by atomic mass is 19.4. The Hall–Kier alpha value is -3.12. The minimum Gasteiger partial charge on any atom is -0.393 e. The third kappa shape index (κ3) is 7.10. The Morgan fingerprint density at radius 3 is 2.64 bits per heavy atom. The molecule has 1 aromatic carbocycles. The molecule has 0 spiro atoms. The minimum atomic E-state index is -4.23. The van der Waals surface area contributed by atoms with Crippen molar-refractivity contribution in [2.24, 2.45) is 5.92 Å². The number of benzene rings is 1. The third-order valence-electron chi connectivity index (χ3n) is 7.64. The average Bonchev–Trinajstić information content (AvgIpc) is 3.53. The summed E-state index contributed by atoms with van der Waals surface area (Å²) in [7, 11) is 0. The molecule has 0 bridgehead atoms. The van der Waals surface area contributed by atoms with Gasteiger partial charge in [-0.25, -0.2) is 9.78 Å². The van der Waals surface area contributed by atoms with E-state index in [0.717, 1.165) is 29.8 Å². The molecule has 12 heteroatoms. The summed E-state index contributed by atoms with van der Waals surface area (Å²) in [6, 6.07) is 7.11. The maximum absolute atomic E-state index is 12.9. The van der Waals surface area contributed by atoms with E-state index in [1.54, 1.807) is 6.07 Å². The summed E-state index contributed by atoms with van der Waals surface area (Å²) in [6.45, 7) is 4.97. The summed E-state index contributed by atoms with van der Waals surface area (Å²) < 4.78 is 43.8. The SMILES string of the molecule is Cc1ccc(NC(=O)N2CC[C@@H](CC(F)(F)F)C2)cc1-c1cc(N2CCOCC2)nc(NC2CCC(O)C2)n1. The summed E-state index contributed by atoms with van der Waals surface area (Å²) in [5, 5.41) is 16.2. The van der Waals surface area contributed by atoms with Crippen LogP contribution in [0.15, 0.2) is 24.3 Å². The van der Waals surface area contributed by atoms with Crippen molar-refractivity contribution in [3.8, 4) is 11.3 Å². The maximum atomic E-state index is 12.9. The highest BCUT2D eigenvalue weighted by Crippen LogP contribution is 2.32. The number of anilines is 3. The lowest BCUT2D eigenvalue weighted by Crippen LogP contribution is -2.37. The van der Waals surface area contributed by atoms with Gasteiger partial charge >= 0.3 is 12.2 Å². The molecule has 3 heterocycles. The Bertz CT molecular complexity index is 1170. The fourth-order valence-corrected chi connectivity index (χ4v) is 5.55. The first-order valence-corrected chi connectivity index (χ1v) is 13.5. The van der Waals surface area contributed by atoms with Crippen molar-refractivity contribution < 1.29 is 27.8 Å². The van der Waals surface area contributed by atoms with Crippen molar-refractivity contribution in [1.29, 1.82) is 0 Å². The molecule has 0 radical (unpaired) electrons. The van der Waals surface area contributed by atoms with Crippen molar-refractivity contribution in [3.05, 3.63) is 29.8 Å². The number of urea groups is 1. The number of halogens is 3. The highest BCUT2D eigenvalue weighted by molar-refractivity contribution is 5.90. The first-order chi connectivity index (χ1) is 18.6. The molecule has 2 saturated heterocycles. The fourth-order valence-electron chi connectivity index (χ4n) is 5.55. The fraction of sp³-hybridized carbons (Fsp3) is 0.593. The zero-order valence-electron chi connectivity index (χ0n) is 22.0. The highest BCUT2D eigenvalue weighted by Gasteiger charge is 2.36. The van der Waals surface area contributed by atoms with Crippen LogP contribution in [0.25, 0.3) is 11.3 Å². The van der Waals surface area contributed by atoms with Crippen LogP contribution in [0.3, 0.4) is 0 Å². The van der Waals surface area contributed by atoms with Crippen LogP contribution in [0.4, 0.5) is 35.4 Å². The molecule has 2 aromatic rings. The number of hydrogen-bond donors (Lipinski definition) is 3. The van der Waals surface area contributed by atoms with E-state index in [2.05, 4.69) is 15.5 Å². The van der Waals surface area contributed by atoms with Gasteiger partial charge in [0.05, 0.1) is 25.0 Å². The van der Waals surface area contributed by atoms with E-state index in [9.17, 15) is 23.1 Å². The first kappa shape index (κ1) is 27.4. The third-order valence-corrected chi connectivity index (χ3v) is 7.64. The van der Waals surface area contributed by atoms with Crippen LogP contribution in [0.1, 0.15) is 37.7 Å². The van der Waals surface area contributed by atoms with Crippen molar-refractivity contribution in [1.82, 2.24) is 14.9 Å². The van der Waals surface area contributed by atoms with Gasteiger partial charge in [-0.1, -0.05) is 6.07 Å². The number of aliphatic hydroxyl groups excluding tert-OH is 1. The number of aromatic nitrogens is 2. The van der Waals surface area contributed by atoms with Gasteiger partial charge in [0.2, 0.25) is 5.95 Å². The van der Waals surface area contributed by atoms with Gasteiger partial charge in [0, 0.05) is 56.0 Å². The molecule has 3 atom stereocenters. The second-order valence-electron chi connectivity index (χ2n) is 10.7. The normalized spacial score (nSPS) is 23.8. The molecule has 2 aliphatic heterocycles. The number of ether oxygens (including phenoxy) is 1. The van der Waals surface area contributed by atoms with E-state index < -0.39 is 24.5 Å². The summed E-state index contributed by atoms with van der Waals surface area (Å²) in [4.78, 5) is 26.0. The standard InChI is InChI=1S/C27H35F3N6O3/c1-17-2-3-20(32-26(38)36-7-6-18(16-36)15-27(28,29)30)13-22(17)23-14-24(35-8-10-39-11-9-35)34-25(33-23)31-19-4-5-21(37)12-19/h2-3,13-14,18-19,21,37H,4-12,15-16H2,1H3,(H,32,38)(H,31,33,34)/t18-,19?,21?/m0/s1. The predicted molar refractivity (Wildman–Crippen MR) is 142 cm³/mol. The number of aliphatic hydroxyl groups is 1. The van der Waals surface area contributed by atoms with Gasteiger partial charge in [0.1, 0.15) is 5.82 Å². The van der Waals surface area contributed by atoms with Gasteiger partial charge in [0.15, 0.2) is 0 Å². The molecule has 3 fully saturated rings. The Labute approximate surface area is 225 Å². The number of likely N-dealkylation sites (tertiary alicyclic amines) is 1. The second kappa shape index (κ2) is 11.5. The second-order valence-corrected chi connectivity index (χ2v) is 10.7. The molecule has 9 nitrogen and oxygen atoms in total. The quantitative estimate of drug-likeness (QED) is 0.491. The van der Waals surface area contributed by atoms with Crippen LogP contribution in [0.5, 0.6) is 0 Å². The maximum Gasteiger partial charge on any atom is 0.389 e. The summed E-state index contributed by atoms with van der Waals surface area (Å²) >= 11 is 0. The van der Waals surface area contributed by atoms with E-state index in [1.165, 1.54) is 4.90 Å². The number of amides is 2. The largest absolute Gasteiger partial charge is 0.393 e. The number of rotatable bonds is 6. The molecular formula is C27H35F3N6O3. The van der Waals surface area contributed by atoms with Gasteiger partial charge < -0.3 is 30.3 Å². The van der Waals surface area contributed by atoms with Crippen LogP contribution >= 0.6 is 0 Å². The van der Waals surface area contributed by atoms with Crippen molar-refractivity contribution in [2.45, 2.75) is 57.3 Å². The first-order valence-electron chi connectivity index (χ1n) is 13.5. The number of carbonyl (C=O) groups is 1. The molecule has 2 amide bonds. The van der Waals surface area contributed by atoms with Crippen LogP contribution in [0, 0.1) is 12.8 Å². The molecule has 3 N–H and O–H groups in total. The number of morpholine rings is 1. The van der Waals surface area contributed by atoms with Gasteiger partial charge in [-0.2, -0.15) is 18.2 Å². The molecule has 212 valence electrons. The minimum absolute atomic E-state index is 0.0844. The van der Waals surface area contributed by atoms with Gasteiger partial charge in [-0.3, -0.25) is 0 Å². The Morgan fingerprint density at radius 1 is 1.13 bits per heavy atom. The molecule has 5 rings (SSSR count). The van der Waals surface area contributed by atoms with Crippen LogP contribution in [-0.2, 0) is 4.74 Å². The van der Waals surface area contributed by atoms with E-state index in [-0.39, 0.29) is 18.7 Å². The molecular weight excluding hydrogens is 513 g/mol. The zero-order chi connectivity index (χ0) is 27.6. The van der Waals surface area contributed by atoms with Crippen LogP contribution in [0.2, 0.25) is 0 Å². The number of nitrogens with zero attached hydrogens (tertiary/aromatic N) is 4. The van der Waals surface area contributed by atoms with Crippen LogP contribution < -0.4 is 15.5 Å². The van der Waals surface area contributed by atoms with Crippen molar-refractivity contribution in [3.63, 3.8) is 0 Å². The lowest BCUT2D eigenvalue weighted by Gasteiger charge is -2.28. The van der Waals surface area contributed by atoms with E-state index in [1.807, 2.05) is 25.1 Å². The van der Waals surface area contributed by atoms with Gasteiger partial charge in [-0.15, -0.1) is 0 Å². The van der Waals surface area contributed by atoms with Crippen LogP contribution in [-0.4, -0.2) is 83.7 Å². The monoisotopic (exact) mass is 548 g/mol. The van der Waals surface area contributed by atoms with Gasteiger partial charge in [-0.05, 0) is 56.2 Å². The Balaban J connectivity index is 1.36. The Kier molecular flexibility index (Phi) is 8.13. The van der Waals surface area contributed by atoms with E-state index in [4.69, 9.17) is 14.7 Å². The lowest BCUT2D eigenvalue weighted by molar-refractivity contribution is -0.143. The molecule has 1 aliphatic carbocycles. The smallest absolute Gasteiger partial charge is 0.389 e. The molecule has 39 heavy (non-hydrogen) atoms. The van der Waals surface area contributed by atoms with E-state index in [0.29, 0.717) is 63.0 Å². The molecule has 2 unspecified atom stereocenters. The number of nitrogens with one attached hydrogen (secondary N) is 2. The Morgan fingerprint density at radius 2 is 1.92 bits per heavy atom. The zero-order valence-corrected chi connectivity index (χ0v) is 22.0. The van der Waals surface area contributed by atoms with E-state index >= 15 is 0 Å². The molecule has 1 saturated carbocycles. The number of carbonyl (C=O) groups excluding carboxylic acids is 1. The molecule has 1 aromatic heterocycles. The summed E-state index contributed by atoms with van der Waals surface area (Å²) in [6.07, 6.45) is -2.88. The topological polar surface area (TPSA) is 103 Å². The summed E-state index contributed by atoms with van der Waals surface area (Å²) in [5.41, 5.74) is 3.00. The number of hydrogen-bond acceptors (Lipinski definition) is 7. The van der Waals surface area contributed by atoms with Crippen molar-refractivity contribution >= 4 is 23.5 Å². The van der Waals surface area contributed by atoms with Gasteiger partial charge in [0.25, 0.3) is 0 Å².